The van der Waals surface area contributed by atoms with E-state index in [0.29, 0.717) is 6.54 Å². The van der Waals surface area contributed by atoms with Gasteiger partial charge in [0, 0.05) is 25.5 Å². The molecule has 5 nitrogen and oxygen atoms in total. The molecular weight excluding hydrogens is 240 g/mol. The summed E-state index contributed by atoms with van der Waals surface area (Å²) in [6, 6.07) is 6.95. The number of nitrogens with zero attached hydrogens (tertiary/aromatic N) is 3. The summed E-state index contributed by atoms with van der Waals surface area (Å²) in [6.07, 6.45) is 3.88. The predicted molar refractivity (Wildman–Crippen MR) is 63.8 cm³/mol. The summed E-state index contributed by atoms with van der Waals surface area (Å²) < 4.78 is 1.98. The van der Waals surface area contributed by atoms with Crippen molar-refractivity contribution in [1.29, 1.82) is 0 Å². The number of halogens is 1. The van der Waals surface area contributed by atoms with E-state index in [4.69, 9.17) is 11.6 Å². The summed E-state index contributed by atoms with van der Waals surface area (Å²) in [7, 11) is 0. The van der Waals surface area contributed by atoms with Crippen LogP contribution in [0.5, 0.6) is 0 Å². The van der Waals surface area contributed by atoms with E-state index in [9.17, 15) is 4.79 Å². The fourth-order valence-electron chi connectivity index (χ4n) is 1.35. The molecule has 0 aliphatic rings. The molecule has 0 radical (unpaired) electrons. The first kappa shape index (κ1) is 11.6. The highest BCUT2D eigenvalue weighted by molar-refractivity contribution is 6.29. The second kappa shape index (κ2) is 5.45. The molecule has 2 aromatic heterocycles. The highest BCUT2D eigenvalue weighted by atomic mass is 35.5. The van der Waals surface area contributed by atoms with Gasteiger partial charge >= 0.3 is 0 Å². The first-order chi connectivity index (χ1) is 8.25. The van der Waals surface area contributed by atoms with E-state index in [0.717, 1.165) is 6.54 Å². The van der Waals surface area contributed by atoms with Crippen LogP contribution >= 0.6 is 11.6 Å². The molecule has 1 amide bonds. The number of nitrogens with one attached hydrogen (secondary N) is 1. The van der Waals surface area contributed by atoms with Gasteiger partial charge in [-0.25, -0.2) is 0 Å². The SMILES string of the molecule is O=C(NCCn1cccc1)c1ccc(Cl)nn1. The van der Waals surface area contributed by atoms with Crippen molar-refractivity contribution in [2.75, 3.05) is 6.54 Å². The Morgan fingerprint density at radius 2 is 2.06 bits per heavy atom. The summed E-state index contributed by atoms with van der Waals surface area (Å²) in [5, 5.41) is 10.3. The van der Waals surface area contributed by atoms with Crippen molar-refractivity contribution in [2.45, 2.75) is 6.54 Å². The molecule has 0 fully saturated rings. The van der Waals surface area contributed by atoms with Crippen molar-refractivity contribution in [3.8, 4) is 0 Å². The average molecular weight is 251 g/mol. The molecule has 0 aliphatic heterocycles. The van der Waals surface area contributed by atoms with Crippen LogP contribution in [0.15, 0.2) is 36.7 Å². The Balaban J connectivity index is 1.83. The second-order valence-electron chi connectivity index (χ2n) is 3.42. The lowest BCUT2D eigenvalue weighted by Gasteiger charge is -2.05. The third-order valence-electron chi connectivity index (χ3n) is 2.19. The molecule has 2 heterocycles. The van der Waals surface area contributed by atoms with Crippen LogP contribution in [0, 0.1) is 0 Å². The number of rotatable bonds is 4. The lowest BCUT2D eigenvalue weighted by atomic mass is 10.3. The van der Waals surface area contributed by atoms with E-state index in [1.54, 1.807) is 6.07 Å². The van der Waals surface area contributed by atoms with E-state index in [2.05, 4.69) is 15.5 Å². The molecule has 0 atom stereocenters. The van der Waals surface area contributed by atoms with Crippen LogP contribution in [0.25, 0.3) is 0 Å². The Labute approximate surface area is 103 Å². The van der Waals surface area contributed by atoms with Gasteiger partial charge in [-0.1, -0.05) is 11.6 Å². The number of carbonyl (C=O) groups is 1. The Kier molecular flexibility index (Phi) is 3.72. The molecule has 0 unspecified atom stereocenters. The molecule has 1 N–H and O–H groups in total. The fraction of sp³-hybridized carbons (Fsp3) is 0.182. The Morgan fingerprint density at radius 1 is 1.29 bits per heavy atom. The monoisotopic (exact) mass is 250 g/mol. The Bertz CT molecular complexity index is 481. The molecule has 0 spiro atoms. The van der Waals surface area contributed by atoms with E-state index < -0.39 is 0 Å². The minimum atomic E-state index is -0.249. The van der Waals surface area contributed by atoms with Crippen LogP contribution in [0.3, 0.4) is 0 Å². The Hall–Kier alpha value is -1.88. The molecule has 88 valence electrons. The first-order valence-electron chi connectivity index (χ1n) is 5.14. The highest BCUT2D eigenvalue weighted by Crippen LogP contribution is 2.01. The van der Waals surface area contributed by atoms with Crippen LogP contribution < -0.4 is 5.32 Å². The summed E-state index contributed by atoms with van der Waals surface area (Å²) in [5.74, 6) is -0.249. The molecule has 0 saturated carbocycles. The molecule has 0 bridgehead atoms. The molecule has 2 aromatic rings. The smallest absolute Gasteiger partial charge is 0.271 e. The zero-order valence-corrected chi connectivity index (χ0v) is 9.76. The minimum Gasteiger partial charge on any atom is -0.353 e. The highest BCUT2D eigenvalue weighted by Gasteiger charge is 2.06. The van der Waals surface area contributed by atoms with Crippen LogP contribution in [0.2, 0.25) is 5.15 Å². The zero-order valence-electron chi connectivity index (χ0n) is 9.01. The van der Waals surface area contributed by atoms with Crippen LogP contribution in [0.1, 0.15) is 10.5 Å². The van der Waals surface area contributed by atoms with Gasteiger partial charge in [-0.05, 0) is 24.3 Å². The molecule has 6 heteroatoms. The third kappa shape index (κ3) is 3.29. The number of hydrogen-bond acceptors (Lipinski definition) is 3. The first-order valence-corrected chi connectivity index (χ1v) is 5.52. The topological polar surface area (TPSA) is 59.8 Å². The van der Waals surface area contributed by atoms with Crippen molar-refractivity contribution in [1.82, 2.24) is 20.1 Å². The predicted octanol–water partition coefficient (Wildman–Crippen LogP) is 1.36. The Morgan fingerprint density at radius 3 is 2.71 bits per heavy atom. The molecule has 0 aromatic carbocycles. The third-order valence-corrected chi connectivity index (χ3v) is 2.39. The largest absolute Gasteiger partial charge is 0.353 e. The maximum Gasteiger partial charge on any atom is 0.271 e. The lowest BCUT2D eigenvalue weighted by Crippen LogP contribution is -2.27. The van der Waals surface area contributed by atoms with Gasteiger partial charge in [0.1, 0.15) is 0 Å². The van der Waals surface area contributed by atoms with Crippen LogP contribution in [-0.4, -0.2) is 27.2 Å². The van der Waals surface area contributed by atoms with Gasteiger partial charge in [-0.3, -0.25) is 4.79 Å². The maximum absolute atomic E-state index is 11.6. The zero-order chi connectivity index (χ0) is 12.1. The number of aromatic nitrogens is 3. The van der Waals surface area contributed by atoms with E-state index >= 15 is 0 Å². The molecule has 0 aliphatic carbocycles. The molecule has 2 rings (SSSR count). The van der Waals surface area contributed by atoms with Crippen molar-refractivity contribution in [3.63, 3.8) is 0 Å². The van der Waals surface area contributed by atoms with Gasteiger partial charge in [0.25, 0.3) is 5.91 Å². The van der Waals surface area contributed by atoms with E-state index in [-0.39, 0.29) is 16.8 Å². The van der Waals surface area contributed by atoms with Crippen LogP contribution in [-0.2, 0) is 6.54 Å². The summed E-state index contributed by atoms with van der Waals surface area (Å²) in [6.45, 7) is 1.26. The number of amides is 1. The molecule has 0 saturated heterocycles. The molecule has 17 heavy (non-hydrogen) atoms. The lowest BCUT2D eigenvalue weighted by molar-refractivity contribution is 0.0946. The van der Waals surface area contributed by atoms with E-state index in [1.165, 1.54) is 6.07 Å². The molecular formula is C11H11ClN4O. The van der Waals surface area contributed by atoms with Gasteiger partial charge in [0.05, 0.1) is 0 Å². The normalized spacial score (nSPS) is 10.2. The summed E-state index contributed by atoms with van der Waals surface area (Å²) in [5.41, 5.74) is 0.266. The van der Waals surface area contributed by atoms with Gasteiger partial charge in [-0.15, -0.1) is 10.2 Å². The summed E-state index contributed by atoms with van der Waals surface area (Å²) in [4.78, 5) is 11.6. The number of hydrogen-bond donors (Lipinski definition) is 1. The standard InChI is InChI=1S/C11H11ClN4O/c12-10-4-3-9(14-15-10)11(17)13-5-8-16-6-1-2-7-16/h1-4,6-7H,5,8H2,(H,13,17). The average Bonchev–Trinajstić information content (AvgIpc) is 2.83. The van der Waals surface area contributed by atoms with Gasteiger partial charge < -0.3 is 9.88 Å². The van der Waals surface area contributed by atoms with Gasteiger partial charge in [0.2, 0.25) is 0 Å². The van der Waals surface area contributed by atoms with Crippen molar-refractivity contribution in [3.05, 3.63) is 47.5 Å². The van der Waals surface area contributed by atoms with E-state index in [1.807, 2.05) is 29.1 Å². The van der Waals surface area contributed by atoms with Gasteiger partial charge in [0.15, 0.2) is 10.8 Å². The fourth-order valence-corrected chi connectivity index (χ4v) is 1.45. The maximum atomic E-state index is 11.6. The summed E-state index contributed by atoms with van der Waals surface area (Å²) >= 11 is 5.58. The van der Waals surface area contributed by atoms with Crippen molar-refractivity contribution < 1.29 is 4.79 Å². The van der Waals surface area contributed by atoms with Crippen LogP contribution in [0.4, 0.5) is 0 Å². The van der Waals surface area contributed by atoms with Gasteiger partial charge in [-0.2, -0.15) is 0 Å². The number of carbonyl (C=O) groups excluding carboxylic acids is 1. The minimum absolute atomic E-state index is 0.249. The second-order valence-corrected chi connectivity index (χ2v) is 3.81. The van der Waals surface area contributed by atoms with Crippen molar-refractivity contribution in [2.24, 2.45) is 0 Å². The quantitative estimate of drug-likeness (QED) is 0.891. The van der Waals surface area contributed by atoms with Crippen molar-refractivity contribution >= 4 is 17.5 Å².